The van der Waals surface area contributed by atoms with Crippen molar-refractivity contribution in [2.45, 2.75) is 44.4 Å². The van der Waals surface area contributed by atoms with Crippen LogP contribution in [0.2, 0.25) is 0 Å². The zero-order valence-electron chi connectivity index (χ0n) is 10.2. The Kier molecular flexibility index (Phi) is 4.09. The highest BCUT2D eigenvalue weighted by atomic mass is 16.5. The Morgan fingerprint density at radius 3 is 3.06 bits per heavy atom. The Bertz CT molecular complexity index is 337. The van der Waals surface area contributed by atoms with E-state index in [2.05, 4.69) is 22.4 Å². The van der Waals surface area contributed by atoms with Crippen molar-refractivity contribution in [3.63, 3.8) is 0 Å². The number of rotatable bonds is 5. The Morgan fingerprint density at radius 2 is 2.47 bits per heavy atom. The Morgan fingerprint density at radius 1 is 1.65 bits per heavy atom. The molecule has 1 aliphatic heterocycles. The molecule has 96 valence electrons. The monoisotopic (exact) mass is 241 g/mol. The van der Waals surface area contributed by atoms with Crippen molar-refractivity contribution in [1.29, 1.82) is 0 Å². The summed E-state index contributed by atoms with van der Waals surface area (Å²) < 4.78 is 10.5. The van der Waals surface area contributed by atoms with E-state index in [1.807, 2.05) is 0 Å². The average molecular weight is 241 g/mol. The van der Waals surface area contributed by atoms with E-state index in [0.29, 0.717) is 24.7 Å². The van der Waals surface area contributed by atoms with Crippen LogP contribution in [0.3, 0.4) is 0 Å². The topological polar surface area (TPSA) is 80.4 Å². The van der Waals surface area contributed by atoms with Crippen molar-refractivity contribution >= 4 is 0 Å². The molecule has 1 aliphatic rings. The van der Waals surface area contributed by atoms with E-state index in [0.717, 1.165) is 12.8 Å². The van der Waals surface area contributed by atoms with Crippen LogP contribution in [0.5, 0.6) is 0 Å². The largest absolute Gasteiger partial charge is 0.392 e. The molecule has 3 atom stereocenters. The molecule has 0 amide bonds. The van der Waals surface area contributed by atoms with E-state index < -0.39 is 0 Å². The van der Waals surface area contributed by atoms with E-state index in [-0.39, 0.29) is 18.2 Å². The van der Waals surface area contributed by atoms with Crippen LogP contribution < -0.4 is 5.32 Å². The van der Waals surface area contributed by atoms with Gasteiger partial charge in [0.15, 0.2) is 0 Å². The maximum absolute atomic E-state index is 9.43. The average Bonchev–Trinajstić information content (AvgIpc) is 2.94. The van der Waals surface area contributed by atoms with Crippen molar-refractivity contribution in [3.05, 3.63) is 11.7 Å². The summed E-state index contributed by atoms with van der Waals surface area (Å²) in [5.41, 5.74) is 0. The lowest BCUT2D eigenvalue weighted by Gasteiger charge is -2.08. The summed E-state index contributed by atoms with van der Waals surface area (Å²) in [5.74, 6) is 1.13. The number of ether oxygens (including phenoxy) is 1. The van der Waals surface area contributed by atoms with Crippen molar-refractivity contribution in [1.82, 2.24) is 15.5 Å². The van der Waals surface area contributed by atoms with Crippen molar-refractivity contribution in [2.75, 3.05) is 13.7 Å². The third-order valence-corrected chi connectivity index (χ3v) is 2.99. The molecular formula is C11H19N3O3. The molecule has 17 heavy (non-hydrogen) atoms. The second-order valence-electron chi connectivity index (χ2n) is 4.35. The second kappa shape index (κ2) is 5.57. The highest BCUT2D eigenvalue weighted by molar-refractivity contribution is 4.99. The Hall–Kier alpha value is -0.980. The lowest BCUT2D eigenvalue weighted by molar-refractivity contribution is 0.0854. The second-order valence-corrected chi connectivity index (χ2v) is 4.35. The minimum atomic E-state index is -0.329. The number of aliphatic hydroxyl groups is 1. The molecule has 0 radical (unpaired) electrons. The van der Waals surface area contributed by atoms with Crippen molar-refractivity contribution in [2.24, 2.45) is 0 Å². The number of aromatic nitrogens is 2. The lowest BCUT2D eigenvalue weighted by atomic mass is 10.2. The van der Waals surface area contributed by atoms with Gasteiger partial charge in [-0.15, -0.1) is 0 Å². The van der Waals surface area contributed by atoms with E-state index >= 15 is 0 Å². The minimum Gasteiger partial charge on any atom is -0.392 e. The number of nitrogens with one attached hydrogen (secondary N) is 1. The first-order valence-corrected chi connectivity index (χ1v) is 6.02. The molecule has 0 bridgehead atoms. The van der Waals surface area contributed by atoms with Gasteiger partial charge < -0.3 is 19.7 Å². The molecular weight excluding hydrogens is 222 g/mol. The summed E-state index contributed by atoms with van der Waals surface area (Å²) in [4.78, 5) is 4.34. The fraction of sp³-hybridized carbons (Fsp3) is 0.818. The van der Waals surface area contributed by atoms with Gasteiger partial charge in [0.25, 0.3) is 0 Å². The standard InChI is InChI=1S/C11H19N3O3/c1-3-4-9(16-2)10-13-11(17-14-10)8-5-7(15)6-12-8/h7-9,12,15H,3-6H2,1-2H3/t7-,8+,9?/m0/s1. The maximum atomic E-state index is 9.43. The zero-order chi connectivity index (χ0) is 12.3. The van der Waals surface area contributed by atoms with E-state index in [1.54, 1.807) is 7.11 Å². The molecule has 1 aromatic rings. The lowest BCUT2D eigenvalue weighted by Crippen LogP contribution is -2.15. The first-order chi connectivity index (χ1) is 8.24. The van der Waals surface area contributed by atoms with Crippen LogP contribution in [0.15, 0.2) is 4.52 Å². The maximum Gasteiger partial charge on any atom is 0.243 e. The molecule has 1 unspecified atom stereocenters. The summed E-state index contributed by atoms with van der Waals surface area (Å²) in [7, 11) is 1.65. The summed E-state index contributed by atoms with van der Waals surface area (Å²) >= 11 is 0. The van der Waals surface area contributed by atoms with Gasteiger partial charge in [-0.05, 0) is 12.8 Å². The third-order valence-electron chi connectivity index (χ3n) is 2.99. The molecule has 1 aromatic heterocycles. The first kappa shape index (κ1) is 12.5. The van der Waals surface area contributed by atoms with Gasteiger partial charge in [-0.25, -0.2) is 0 Å². The SMILES string of the molecule is CCCC(OC)c1noc([C@H]2C[C@H](O)CN2)n1. The number of hydrogen-bond acceptors (Lipinski definition) is 6. The van der Waals surface area contributed by atoms with E-state index in [9.17, 15) is 5.11 Å². The number of nitrogens with zero attached hydrogens (tertiary/aromatic N) is 2. The molecule has 2 heterocycles. The summed E-state index contributed by atoms with van der Waals surface area (Å²) in [6.45, 7) is 2.66. The fourth-order valence-electron chi connectivity index (χ4n) is 2.04. The first-order valence-electron chi connectivity index (χ1n) is 6.02. The summed E-state index contributed by atoms with van der Waals surface area (Å²) in [6.07, 6.45) is 2.06. The van der Waals surface area contributed by atoms with Crippen molar-refractivity contribution < 1.29 is 14.4 Å². The molecule has 6 nitrogen and oxygen atoms in total. The van der Waals surface area contributed by atoms with Crippen LogP contribution >= 0.6 is 0 Å². The van der Waals surface area contributed by atoms with Gasteiger partial charge in [-0.1, -0.05) is 18.5 Å². The highest BCUT2D eigenvalue weighted by Gasteiger charge is 2.29. The molecule has 6 heteroatoms. The van der Waals surface area contributed by atoms with Gasteiger partial charge in [0, 0.05) is 13.7 Å². The highest BCUT2D eigenvalue weighted by Crippen LogP contribution is 2.25. The van der Waals surface area contributed by atoms with Gasteiger partial charge >= 0.3 is 0 Å². The van der Waals surface area contributed by atoms with Crippen molar-refractivity contribution in [3.8, 4) is 0 Å². The molecule has 0 aromatic carbocycles. The Balaban J connectivity index is 2.04. The molecule has 2 N–H and O–H groups in total. The number of methoxy groups -OCH3 is 1. The van der Waals surface area contributed by atoms with Gasteiger partial charge in [-0.3, -0.25) is 0 Å². The molecule has 1 saturated heterocycles. The molecule has 1 fully saturated rings. The van der Waals surface area contributed by atoms with Gasteiger partial charge in [0.1, 0.15) is 6.10 Å². The van der Waals surface area contributed by atoms with E-state index in [4.69, 9.17) is 9.26 Å². The van der Waals surface area contributed by atoms with Gasteiger partial charge in [0.05, 0.1) is 12.1 Å². The predicted octanol–water partition coefficient (Wildman–Crippen LogP) is 0.952. The van der Waals surface area contributed by atoms with Crippen LogP contribution in [0.25, 0.3) is 0 Å². The van der Waals surface area contributed by atoms with Crippen LogP contribution in [0, 0.1) is 0 Å². The minimum absolute atomic E-state index is 0.0367. The fourth-order valence-corrected chi connectivity index (χ4v) is 2.04. The van der Waals surface area contributed by atoms with Gasteiger partial charge in [-0.2, -0.15) is 4.98 Å². The zero-order valence-corrected chi connectivity index (χ0v) is 10.2. The van der Waals surface area contributed by atoms with Crippen LogP contribution in [0.1, 0.15) is 50.0 Å². The quantitative estimate of drug-likeness (QED) is 0.799. The molecule has 0 saturated carbocycles. The predicted molar refractivity (Wildman–Crippen MR) is 60.3 cm³/mol. The number of aliphatic hydroxyl groups excluding tert-OH is 1. The Labute approximate surface area is 100 Å². The number of β-amino-alcohol motifs (C(OH)–C–C–N with tert-alkyl or cyclic N) is 1. The summed E-state index contributed by atoms with van der Waals surface area (Å²) in [6, 6.07) is -0.0367. The smallest absolute Gasteiger partial charge is 0.243 e. The van der Waals surface area contributed by atoms with E-state index in [1.165, 1.54) is 0 Å². The molecule has 2 rings (SSSR count). The number of hydrogen-bond donors (Lipinski definition) is 2. The van der Waals surface area contributed by atoms with Crippen LogP contribution in [0.4, 0.5) is 0 Å². The van der Waals surface area contributed by atoms with Crippen LogP contribution in [-0.2, 0) is 4.74 Å². The third kappa shape index (κ3) is 2.83. The normalized spacial score (nSPS) is 26.3. The molecule has 0 aliphatic carbocycles. The van der Waals surface area contributed by atoms with Gasteiger partial charge in [0.2, 0.25) is 11.7 Å². The molecule has 0 spiro atoms. The summed E-state index contributed by atoms with van der Waals surface area (Å²) in [5, 5.41) is 16.5. The van der Waals surface area contributed by atoms with Crippen LogP contribution in [-0.4, -0.2) is 35.0 Å².